The van der Waals surface area contributed by atoms with Gasteiger partial charge in [-0.25, -0.2) is 0 Å². The van der Waals surface area contributed by atoms with E-state index in [0.29, 0.717) is 12.1 Å². The molecule has 6 rings (SSSR count). The third-order valence-electron chi connectivity index (χ3n) is 7.50. The van der Waals surface area contributed by atoms with Crippen molar-refractivity contribution in [2.45, 2.75) is 51.9 Å². The summed E-state index contributed by atoms with van der Waals surface area (Å²) in [5.74, 6) is 1.57. The van der Waals surface area contributed by atoms with E-state index in [1.54, 1.807) is 6.07 Å². The highest BCUT2D eigenvalue weighted by molar-refractivity contribution is 5.95. The number of hydrogen-bond acceptors (Lipinski definition) is 3. The van der Waals surface area contributed by atoms with Crippen LogP contribution in [0.15, 0.2) is 41.2 Å². The molecule has 1 heterocycles. The Balaban J connectivity index is 1.21. The van der Waals surface area contributed by atoms with Gasteiger partial charge in [-0.15, -0.1) is 0 Å². The number of aromatic nitrogens is 1. The van der Waals surface area contributed by atoms with Gasteiger partial charge in [0.05, 0.1) is 0 Å². The monoisotopic (exact) mass is 419 g/mol. The molecule has 162 valence electrons. The fourth-order valence-electron chi connectivity index (χ4n) is 6.72. The van der Waals surface area contributed by atoms with Gasteiger partial charge in [-0.05, 0) is 92.4 Å². The number of rotatable bonds is 4. The van der Waals surface area contributed by atoms with Gasteiger partial charge in [-0.3, -0.25) is 25.2 Å². The van der Waals surface area contributed by atoms with Gasteiger partial charge in [-0.1, -0.05) is 23.8 Å². The Hall–Kier alpha value is -2.89. The summed E-state index contributed by atoms with van der Waals surface area (Å²) in [6.45, 7) is 1.98. The molecule has 4 bridgehead atoms. The molecule has 2 amide bonds. The van der Waals surface area contributed by atoms with Crippen LogP contribution in [0.4, 0.5) is 0 Å². The summed E-state index contributed by atoms with van der Waals surface area (Å²) in [5.41, 5.74) is 7.20. The molecule has 4 aliphatic carbocycles. The first kappa shape index (κ1) is 20.0. The van der Waals surface area contributed by atoms with E-state index >= 15 is 0 Å². The first-order valence-electron chi connectivity index (χ1n) is 11.3. The Labute approximate surface area is 181 Å². The summed E-state index contributed by atoms with van der Waals surface area (Å²) < 4.78 is 0. The van der Waals surface area contributed by atoms with Gasteiger partial charge in [0, 0.05) is 12.1 Å². The third-order valence-corrected chi connectivity index (χ3v) is 7.50. The SMILES string of the molecule is Cc1cccc(-c2ccc(C(=O)NNC(=O)CC34CC5CC(CC(C5)C3)C4)c(=O)[nH]2)c1. The fraction of sp³-hybridized carbons (Fsp3) is 0.480. The molecule has 1 aromatic carbocycles. The lowest BCUT2D eigenvalue weighted by Crippen LogP contribution is -2.50. The van der Waals surface area contributed by atoms with Gasteiger partial charge in [0.25, 0.3) is 11.5 Å². The minimum atomic E-state index is -0.601. The lowest BCUT2D eigenvalue weighted by atomic mass is 9.49. The molecule has 3 N–H and O–H groups in total. The van der Waals surface area contributed by atoms with Crippen molar-refractivity contribution < 1.29 is 9.59 Å². The van der Waals surface area contributed by atoms with Gasteiger partial charge in [-0.2, -0.15) is 0 Å². The first-order chi connectivity index (χ1) is 14.9. The molecule has 4 fully saturated rings. The highest BCUT2D eigenvalue weighted by atomic mass is 16.2. The standard InChI is InChI=1S/C25H29N3O3/c1-15-3-2-4-19(7-15)21-6-5-20(23(30)26-21)24(31)28-27-22(29)14-25-11-16-8-17(12-25)10-18(9-16)13-25/h2-7,16-18H,8-14H2,1H3,(H,26,30)(H,27,29)(H,28,31). The summed E-state index contributed by atoms with van der Waals surface area (Å²) in [6.07, 6.45) is 7.87. The molecule has 4 aliphatic rings. The number of nitrogens with one attached hydrogen (secondary N) is 3. The van der Waals surface area contributed by atoms with E-state index in [4.69, 9.17) is 0 Å². The lowest BCUT2D eigenvalue weighted by molar-refractivity contribution is -0.130. The zero-order chi connectivity index (χ0) is 21.6. The van der Waals surface area contributed by atoms with Crippen molar-refractivity contribution in [3.8, 4) is 11.3 Å². The van der Waals surface area contributed by atoms with Crippen molar-refractivity contribution in [2.75, 3.05) is 0 Å². The maximum atomic E-state index is 12.6. The largest absolute Gasteiger partial charge is 0.321 e. The highest BCUT2D eigenvalue weighted by Crippen LogP contribution is 2.61. The number of amides is 2. The van der Waals surface area contributed by atoms with Crippen LogP contribution in [0.5, 0.6) is 0 Å². The van der Waals surface area contributed by atoms with Gasteiger partial charge in [0.2, 0.25) is 5.91 Å². The third kappa shape index (κ3) is 4.03. The summed E-state index contributed by atoms with van der Waals surface area (Å²) >= 11 is 0. The summed E-state index contributed by atoms with van der Waals surface area (Å²) in [5, 5.41) is 0. The molecule has 31 heavy (non-hydrogen) atoms. The van der Waals surface area contributed by atoms with Crippen molar-refractivity contribution in [1.82, 2.24) is 15.8 Å². The predicted octanol–water partition coefficient (Wildman–Crippen LogP) is 3.72. The molecular formula is C25H29N3O3. The fourth-order valence-corrected chi connectivity index (χ4v) is 6.72. The predicted molar refractivity (Wildman–Crippen MR) is 118 cm³/mol. The van der Waals surface area contributed by atoms with E-state index in [9.17, 15) is 14.4 Å². The van der Waals surface area contributed by atoms with Crippen molar-refractivity contribution in [3.05, 3.63) is 57.9 Å². The minimum absolute atomic E-state index is 0.0218. The van der Waals surface area contributed by atoms with E-state index in [1.807, 2.05) is 31.2 Å². The number of aromatic amines is 1. The van der Waals surface area contributed by atoms with Crippen LogP contribution in [-0.2, 0) is 4.79 Å². The number of carbonyl (C=O) groups excluding carboxylic acids is 2. The highest BCUT2D eigenvalue weighted by Gasteiger charge is 2.51. The molecule has 4 saturated carbocycles. The molecule has 6 nitrogen and oxygen atoms in total. The molecule has 0 aliphatic heterocycles. The molecule has 0 saturated heterocycles. The van der Waals surface area contributed by atoms with Crippen LogP contribution in [0, 0.1) is 30.1 Å². The summed E-state index contributed by atoms with van der Waals surface area (Å²) in [6, 6.07) is 11.0. The van der Waals surface area contributed by atoms with Crippen molar-refractivity contribution in [3.63, 3.8) is 0 Å². The second-order valence-electron chi connectivity index (χ2n) is 10.1. The smallest absolute Gasteiger partial charge is 0.275 e. The van der Waals surface area contributed by atoms with Crippen molar-refractivity contribution in [1.29, 1.82) is 0 Å². The minimum Gasteiger partial charge on any atom is -0.321 e. The summed E-state index contributed by atoms with van der Waals surface area (Å²) in [7, 11) is 0. The topological polar surface area (TPSA) is 91.1 Å². The van der Waals surface area contributed by atoms with E-state index < -0.39 is 11.5 Å². The van der Waals surface area contributed by atoms with E-state index in [1.165, 1.54) is 25.3 Å². The molecule has 1 aromatic heterocycles. The van der Waals surface area contributed by atoms with Gasteiger partial charge in [0.15, 0.2) is 0 Å². The van der Waals surface area contributed by atoms with Crippen LogP contribution in [0.1, 0.15) is 60.9 Å². The zero-order valence-corrected chi connectivity index (χ0v) is 17.9. The Kier molecular flexibility index (Phi) is 4.95. The van der Waals surface area contributed by atoms with Crippen LogP contribution >= 0.6 is 0 Å². The maximum Gasteiger partial charge on any atom is 0.275 e. The van der Waals surface area contributed by atoms with Gasteiger partial charge >= 0.3 is 0 Å². The number of H-pyrrole nitrogens is 1. The second-order valence-corrected chi connectivity index (χ2v) is 10.1. The number of hydrazine groups is 1. The zero-order valence-electron chi connectivity index (χ0n) is 17.9. The number of pyridine rings is 1. The van der Waals surface area contributed by atoms with Crippen LogP contribution in [0.3, 0.4) is 0 Å². The molecule has 2 aromatic rings. The Morgan fingerprint density at radius 2 is 1.68 bits per heavy atom. The number of aryl methyl sites for hydroxylation is 1. The molecular weight excluding hydrogens is 390 g/mol. The lowest BCUT2D eigenvalue weighted by Gasteiger charge is -2.56. The Bertz CT molecular complexity index is 1050. The molecule has 0 radical (unpaired) electrons. The quantitative estimate of drug-likeness (QED) is 0.660. The first-order valence-corrected chi connectivity index (χ1v) is 11.3. The van der Waals surface area contributed by atoms with E-state index in [0.717, 1.165) is 48.1 Å². The molecule has 0 unspecified atom stereocenters. The molecule has 0 atom stereocenters. The number of benzene rings is 1. The van der Waals surface area contributed by atoms with Crippen LogP contribution in [-0.4, -0.2) is 16.8 Å². The van der Waals surface area contributed by atoms with Crippen molar-refractivity contribution >= 4 is 11.8 Å². The van der Waals surface area contributed by atoms with E-state index in [-0.39, 0.29) is 16.9 Å². The van der Waals surface area contributed by atoms with Crippen molar-refractivity contribution in [2.24, 2.45) is 23.2 Å². The van der Waals surface area contributed by atoms with Crippen LogP contribution in [0.2, 0.25) is 0 Å². The van der Waals surface area contributed by atoms with Crippen LogP contribution < -0.4 is 16.4 Å². The van der Waals surface area contributed by atoms with Gasteiger partial charge < -0.3 is 4.98 Å². The van der Waals surface area contributed by atoms with Crippen LogP contribution in [0.25, 0.3) is 11.3 Å². The molecule has 0 spiro atoms. The molecule has 6 heteroatoms. The average Bonchev–Trinajstić information content (AvgIpc) is 2.70. The van der Waals surface area contributed by atoms with Gasteiger partial charge in [0.1, 0.15) is 5.56 Å². The normalized spacial score (nSPS) is 28.4. The average molecular weight is 420 g/mol. The summed E-state index contributed by atoms with van der Waals surface area (Å²) in [4.78, 5) is 40.3. The van der Waals surface area contributed by atoms with E-state index in [2.05, 4.69) is 15.8 Å². The second kappa shape index (κ2) is 7.66. The number of hydrogen-bond donors (Lipinski definition) is 3. The number of carbonyl (C=O) groups is 2. The Morgan fingerprint density at radius 3 is 2.29 bits per heavy atom. The maximum absolute atomic E-state index is 12.6. The Morgan fingerprint density at radius 1 is 1.00 bits per heavy atom.